The van der Waals surface area contributed by atoms with Crippen molar-refractivity contribution in [2.24, 2.45) is 0 Å². The molecule has 0 amide bonds. The molecule has 1 aliphatic rings. The molecule has 8 nitrogen and oxygen atoms in total. The van der Waals surface area contributed by atoms with Crippen molar-refractivity contribution in [1.29, 1.82) is 0 Å². The van der Waals surface area contributed by atoms with Gasteiger partial charge in [-0.2, -0.15) is 10.1 Å². The molecule has 124 valence electrons. The van der Waals surface area contributed by atoms with Gasteiger partial charge in [0.1, 0.15) is 0 Å². The highest BCUT2D eigenvalue weighted by atomic mass is 16.5. The Morgan fingerprint density at radius 1 is 1.48 bits per heavy atom. The van der Waals surface area contributed by atoms with E-state index in [0.29, 0.717) is 37.3 Å². The minimum atomic E-state index is 0.419. The zero-order valence-electron chi connectivity index (χ0n) is 13.3. The van der Waals surface area contributed by atoms with Crippen LogP contribution in [0, 0.1) is 0 Å². The van der Waals surface area contributed by atoms with E-state index in [2.05, 4.69) is 30.6 Å². The van der Waals surface area contributed by atoms with Crippen LogP contribution in [0.1, 0.15) is 24.6 Å². The highest BCUT2D eigenvalue weighted by Gasteiger charge is 2.25. The maximum absolute atomic E-state index is 5.22. The molecule has 3 heterocycles. The summed E-state index contributed by atoms with van der Waals surface area (Å²) in [4.78, 5) is 6.64. The maximum Gasteiger partial charge on any atom is 0.240 e. The van der Waals surface area contributed by atoms with Crippen molar-refractivity contribution in [2.75, 3.05) is 31.7 Å². The average Bonchev–Trinajstić information content (AvgIpc) is 3.23. The smallest absolute Gasteiger partial charge is 0.240 e. The molecule has 1 N–H and O–H groups in total. The third-order valence-corrected chi connectivity index (χ3v) is 3.93. The fourth-order valence-corrected chi connectivity index (χ4v) is 2.80. The van der Waals surface area contributed by atoms with Crippen LogP contribution in [0.2, 0.25) is 0 Å². The number of ether oxygens (including phenoxy) is 1. The molecule has 2 aromatic heterocycles. The van der Waals surface area contributed by atoms with Crippen LogP contribution in [-0.4, -0.2) is 53.2 Å². The second kappa shape index (κ2) is 7.98. The Morgan fingerprint density at radius 2 is 2.43 bits per heavy atom. The molecule has 0 spiro atoms. The molecule has 1 saturated heterocycles. The SMILES string of the molecule is COCCc1noc(CNC[C@H]2CCCN2c2cccnn2)n1. The van der Waals surface area contributed by atoms with Crippen LogP contribution in [0.4, 0.5) is 5.82 Å². The van der Waals surface area contributed by atoms with Crippen molar-refractivity contribution >= 4 is 5.82 Å². The minimum absolute atomic E-state index is 0.419. The molecule has 0 unspecified atom stereocenters. The fourth-order valence-electron chi connectivity index (χ4n) is 2.80. The number of nitrogens with zero attached hydrogens (tertiary/aromatic N) is 5. The first-order chi connectivity index (χ1) is 11.4. The Labute approximate surface area is 135 Å². The normalized spacial score (nSPS) is 17.8. The predicted octanol–water partition coefficient (Wildman–Crippen LogP) is 0.807. The standard InChI is InChI=1S/C15H22N6O2/c1-22-9-6-13-18-15(23-20-13)11-16-10-12-4-3-8-21(12)14-5-2-7-17-19-14/h2,5,7,12,16H,3-4,6,8-11H2,1H3/t12-/m1/s1. The van der Waals surface area contributed by atoms with Crippen LogP contribution >= 0.6 is 0 Å². The zero-order chi connectivity index (χ0) is 15.9. The van der Waals surface area contributed by atoms with Crippen molar-refractivity contribution in [3.8, 4) is 0 Å². The summed E-state index contributed by atoms with van der Waals surface area (Å²) in [5, 5.41) is 15.5. The van der Waals surface area contributed by atoms with Gasteiger partial charge in [-0.15, -0.1) is 5.10 Å². The van der Waals surface area contributed by atoms with Gasteiger partial charge in [0.05, 0.1) is 13.2 Å². The summed E-state index contributed by atoms with van der Waals surface area (Å²) in [6, 6.07) is 4.35. The van der Waals surface area contributed by atoms with Gasteiger partial charge in [0.2, 0.25) is 5.89 Å². The van der Waals surface area contributed by atoms with Crippen LogP contribution in [0.5, 0.6) is 0 Å². The van der Waals surface area contributed by atoms with Gasteiger partial charge < -0.3 is 19.5 Å². The van der Waals surface area contributed by atoms with Gasteiger partial charge >= 0.3 is 0 Å². The lowest BCUT2D eigenvalue weighted by molar-refractivity contribution is 0.199. The van der Waals surface area contributed by atoms with Crippen LogP contribution < -0.4 is 10.2 Å². The van der Waals surface area contributed by atoms with E-state index >= 15 is 0 Å². The molecule has 0 radical (unpaired) electrons. The van der Waals surface area contributed by atoms with Crippen molar-refractivity contribution in [3.05, 3.63) is 30.0 Å². The summed E-state index contributed by atoms with van der Waals surface area (Å²) >= 11 is 0. The molecule has 1 aliphatic heterocycles. The van der Waals surface area contributed by atoms with Gasteiger partial charge in [-0.1, -0.05) is 5.16 Å². The van der Waals surface area contributed by atoms with Crippen LogP contribution in [0.15, 0.2) is 22.9 Å². The van der Waals surface area contributed by atoms with E-state index < -0.39 is 0 Å². The molecular formula is C15H22N6O2. The lowest BCUT2D eigenvalue weighted by Gasteiger charge is -2.25. The maximum atomic E-state index is 5.22. The highest BCUT2D eigenvalue weighted by Crippen LogP contribution is 2.22. The van der Waals surface area contributed by atoms with Gasteiger partial charge in [0, 0.05) is 38.9 Å². The molecule has 0 saturated carbocycles. The third kappa shape index (κ3) is 4.23. The summed E-state index contributed by atoms with van der Waals surface area (Å²) in [5.74, 6) is 2.24. The molecule has 0 aliphatic carbocycles. The molecule has 1 fully saturated rings. The van der Waals surface area contributed by atoms with Gasteiger partial charge in [-0.25, -0.2) is 0 Å². The Hall–Kier alpha value is -2.06. The van der Waals surface area contributed by atoms with Crippen molar-refractivity contribution in [1.82, 2.24) is 25.7 Å². The molecular weight excluding hydrogens is 296 g/mol. The lowest BCUT2D eigenvalue weighted by Crippen LogP contribution is -2.38. The Balaban J connectivity index is 1.47. The second-order valence-electron chi connectivity index (χ2n) is 5.55. The zero-order valence-corrected chi connectivity index (χ0v) is 13.3. The monoisotopic (exact) mass is 318 g/mol. The molecule has 3 rings (SSSR count). The van der Waals surface area contributed by atoms with Crippen LogP contribution in [0.3, 0.4) is 0 Å². The third-order valence-electron chi connectivity index (χ3n) is 3.93. The summed E-state index contributed by atoms with van der Waals surface area (Å²) in [6.07, 6.45) is 4.68. The highest BCUT2D eigenvalue weighted by molar-refractivity contribution is 5.39. The van der Waals surface area contributed by atoms with Crippen LogP contribution in [0.25, 0.3) is 0 Å². The van der Waals surface area contributed by atoms with Gasteiger partial charge in [-0.3, -0.25) is 0 Å². The number of methoxy groups -OCH3 is 1. The first kappa shape index (κ1) is 15.8. The van der Waals surface area contributed by atoms with Crippen molar-refractivity contribution in [3.63, 3.8) is 0 Å². The van der Waals surface area contributed by atoms with Gasteiger partial charge in [0.15, 0.2) is 11.6 Å². The van der Waals surface area contributed by atoms with Gasteiger partial charge in [0.25, 0.3) is 0 Å². The number of anilines is 1. The van der Waals surface area contributed by atoms with E-state index in [1.54, 1.807) is 13.3 Å². The first-order valence-corrected chi connectivity index (χ1v) is 7.92. The number of aromatic nitrogens is 4. The largest absolute Gasteiger partial charge is 0.384 e. The van der Waals surface area contributed by atoms with E-state index in [9.17, 15) is 0 Å². The topological polar surface area (TPSA) is 89.2 Å². The Morgan fingerprint density at radius 3 is 3.26 bits per heavy atom. The first-order valence-electron chi connectivity index (χ1n) is 7.92. The van der Waals surface area contributed by atoms with E-state index in [1.807, 2.05) is 12.1 Å². The van der Waals surface area contributed by atoms with E-state index in [-0.39, 0.29) is 0 Å². The summed E-state index contributed by atoms with van der Waals surface area (Å²) < 4.78 is 10.2. The van der Waals surface area contributed by atoms with E-state index in [4.69, 9.17) is 9.26 Å². The quantitative estimate of drug-likeness (QED) is 0.765. The molecule has 2 aromatic rings. The molecule has 23 heavy (non-hydrogen) atoms. The fraction of sp³-hybridized carbons (Fsp3) is 0.600. The molecule has 0 aromatic carbocycles. The lowest BCUT2D eigenvalue weighted by atomic mass is 10.2. The number of hydrogen-bond donors (Lipinski definition) is 1. The average molecular weight is 318 g/mol. The number of nitrogens with one attached hydrogen (secondary N) is 1. The summed E-state index contributed by atoms with van der Waals surface area (Å²) in [7, 11) is 1.66. The van der Waals surface area contributed by atoms with Crippen molar-refractivity contribution in [2.45, 2.75) is 31.8 Å². The molecule has 0 bridgehead atoms. The number of hydrogen-bond acceptors (Lipinski definition) is 8. The van der Waals surface area contributed by atoms with Gasteiger partial charge in [-0.05, 0) is 25.0 Å². The summed E-state index contributed by atoms with van der Waals surface area (Å²) in [6.45, 7) is 3.05. The minimum Gasteiger partial charge on any atom is -0.384 e. The summed E-state index contributed by atoms with van der Waals surface area (Å²) in [5.41, 5.74) is 0. The van der Waals surface area contributed by atoms with Crippen LogP contribution in [-0.2, 0) is 17.7 Å². The van der Waals surface area contributed by atoms with Crippen molar-refractivity contribution < 1.29 is 9.26 Å². The Kier molecular flexibility index (Phi) is 5.49. The number of rotatable bonds is 8. The predicted molar refractivity (Wildman–Crippen MR) is 84.0 cm³/mol. The van der Waals surface area contributed by atoms with E-state index in [0.717, 1.165) is 25.3 Å². The van der Waals surface area contributed by atoms with E-state index in [1.165, 1.54) is 6.42 Å². The second-order valence-corrected chi connectivity index (χ2v) is 5.55. The molecule has 8 heteroatoms. The Bertz CT molecular complexity index is 591. The molecule has 1 atom stereocenters.